The van der Waals surface area contributed by atoms with Crippen LogP contribution in [0.5, 0.6) is 0 Å². The number of aromatic nitrogens is 4. The lowest BCUT2D eigenvalue weighted by atomic mass is 9.92. The lowest BCUT2D eigenvalue weighted by Gasteiger charge is -2.14. The molecule has 3 aromatic heterocycles. The number of carboxylic acid groups (broad SMARTS) is 2. The van der Waals surface area contributed by atoms with Crippen LogP contribution in [0.15, 0.2) is 24.4 Å². The molecule has 19 heteroatoms. The van der Waals surface area contributed by atoms with Crippen molar-refractivity contribution in [2.45, 2.75) is 44.7 Å². The maximum atomic E-state index is 14.8. The van der Waals surface area contributed by atoms with Gasteiger partial charge in [-0.15, -0.1) is 0 Å². The maximum Gasteiger partial charge on any atom is 0.490 e. The van der Waals surface area contributed by atoms with Gasteiger partial charge in [0.1, 0.15) is 22.3 Å². The summed E-state index contributed by atoms with van der Waals surface area (Å²) in [5.41, 5.74) is 3.10. The molecule has 3 heterocycles. The lowest BCUT2D eigenvalue weighted by Crippen LogP contribution is -2.21. The van der Waals surface area contributed by atoms with Crippen molar-refractivity contribution in [3.63, 3.8) is 0 Å². The van der Waals surface area contributed by atoms with Crippen LogP contribution >= 0.6 is 11.3 Å². The molecule has 0 spiro atoms. The second-order valence-corrected chi connectivity index (χ2v) is 10.1. The van der Waals surface area contributed by atoms with Crippen LogP contribution in [0.4, 0.5) is 40.3 Å². The molecular weight excluding hydrogens is 622 g/mol. The van der Waals surface area contributed by atoms with E-state index < -0.39 is 36.4 Å². The number of fused-ring (bicyclic) bond motifs is 2. The van der Waals surface area contributed by atoms with Crippen molar-refractivity contribution < 1.29 is 59.7 Å². The zero-order valence-corrected chi connectivity index (χ0v) is 22.5. The van der Waals surface area contributed by atoms with Crippen LogP contribution in [0.1, 0.15) is 31.7 Å². The molecule has 2 atom stereocenters. The van der Waals surface area contributed by atoms with Crippen molar-refractivity contribution in [2.24, 2.45) is 5.92 Å². The van der Waals surface area contributed by atoms with Gasteiger partial charge in [0.15, 0.2) is 5.13 Å². The van der Waals surface area contributed by atoms with Crippen LogP contribution in [0.2, 0.25) is 0 Å². The van der Waals surface area contributed by atoms with Crippen LogP contribution in [0, 0.1) is 11.7 Å². The molecule has 0 aliphatic heterocycles. The first-order chi connectivity index (χ1) is 19.8. The Kier molecular flexibility index (Phi) is 9.57. The average Bonchev–Trinajstić information content (AvgIpc) is 3.25. The van der Waals surface area contributed by atoms with E-state index in [-0.39, 0.29) is 24.1 Å². The number of nitrogens with zero attached hydrogens (tertiary/aromatic N) is 3. The van der Waals surface area contributed by atoms with Crippen molar-refractivity contribution in [1.82, 2.24) is 20.2 Å². The van der Waals surface area contributed by atoms with E-state index in [0.29, 0.717) is 37.8 Å². The Hall–Kier alpha value is -4.42. The highest BCUT2D eigenvalue weighted by Gasteiger charge is 2.44. The van der Waals surface area contributed by atoms with Crippen molar-refractivity contribution in [2.75, 3.05) is 5.32 Å². The van der Waals surface area contributed by atoms with E-state index in [1.807, 2.05) is 13.8 Å². The summed E-state index contributed by atoms with van der Waals surface area (Å²) in [6, 6.07) is 5.04. The SMILES string of the molecule is CC(C)c1c(F)cc2[nH]ncc2c1-c1ccc2nc(NC(=O)[C@@H]3C[C@@H]3F)sc2n1.O=C(O)C(F)(F)F.O=C(O)C(F)(F)F. The topological polar surface area (TPSA) is 158 Å². The standard InChI is InChI=1S/C20H17F2N5OS.2C2HF3O2/c1-8(2)16-12(22)6-15-10(7-23-27-15)17(16)13-3-4-14-19(24-13)29-20(25-14)26-18(28)9-5-11(9)21;2*3-2(4,5)1(6)7/h3-4,6-9,11H,5H2,1-2H3,(H,23,27)(H,25,26,28);2*(H,6,7)/t9-,11+;;/m1../s1. The third-order valence-electron chi connectivity index (χ3n) is 5.59. The number of benzene rings is 1. The zero-order valence-electron chi connectivity index (χ0n) is 21.6. The van der Waals surface area contributed by atoms with Gasteiger partial charge in [0.2, 0.25) is 5.91 Å². The molecule has 0 radical (unpaired) electrons. The number of pyridine rings is 1. The van der Waals surface area contributed by atoms with Gasteiger partial charge < -0.3 is 15.5 Å². The predicted molar refractivity (Wildman–Crippen MR) is 136 cm³/mol. The Morgan fingerprint density at radius 3 is 2.09 bits per heavy atom. The van der Waals surface area contributed by atoms with Crippen LogP contribution in [-0.4, -0.2) is 66.7 Å². The summed E-state index contributed by atoms with van der Waals surface area (Å²) in [5.74, 6) is -6.81. The molecule has 43 heavy (non-hydrogen) atoms. The van der Waals surface area contributed by atoms with Crippen LogP contribution in [0.3, 0.4) is 0 Å². The summed E-state index contributed by atoms with van der Waals surface area (Å²) >= 11 is 1.21. The maximum absolute atomic E-state index is 14.8. The number of anilines is 1. The van der Waals surface area contributed by atoms with Crippen LogP contribution in [0.25, 0.3) is 32.5 Å². The number of carbonyl (C=O) groups is 3. The number of thiazole rings is 1. The third-order valence-corrected chi connectivity index (χ3v) is 6.47. The lowest BCUT2D eigenvalue weighted by molar-refractivity contribution is -0.193. The first-order valence-corrected chi connectivity index (χ1v) is 12.6. The molecule has 1 aliphatic rings. The molecule has 1 fully saturated rings. The molecule has 1 amide bonds. The molecule has 5 rings (SSSR count). The minimum Gasteiger partial charge on any atom is -0.475 e. The number of carbonyl (C=O) groups excluding carboxylic acids is 1. The van der Waals surface area contributed by atoms with Crippen LogP contribution < -0.4 is 5.32 Å². The van der Waals surface area contributed by atoms with Gasteiger partial charge in [0.25, 0.3) is 0 Å². The molecule has 1 aromatic carbocycles. The summed E-state index contributed by atoms with van der Waals surface area (Å²) < 4.78 is 91.4. The average molecular weight is 641 g/mol. The number of rotatable bonds is 4. The van der Waals surface area contributed by atoms with Gasteiger partial charge in [0, 0.05) is 16.5 Å². The molecule has 4 aromatic rings. The van der Waals surface area contributed by atoms with Gasteiger partial charge in [0.05, 0.1) is 23.3 Å². The van der Waals surface area contributed by atoms with E-state index in [2.05, 4.69) is 25.5 Å². The summed E-state index contributed by atoms with van der Waals surface area (Å²) in [7, 11) is 0. The molecule has 1 aliphatic carbocycles. The number of hydrogen-bond donors (Lipinski definition) is 4. The minimum absolute atomic E-state index is 0.0507. The molecule has 232 valence electrons. The number of carboxylic acids is 2. The molecule has 0 saturated heterocycles. The van der Waals surface area contributed by atoms with Crippen molar-refractivity contribution >= 4 is 55.6 Å². The first-order valence-electron chi connectivity index (χ1n) is 11.8. The molecule has 4 N–H and O–H groups in total. The highest BCUT2D eigenvalue weighted by molar-refractivity contribution is 7.22. The fourth-order valence-electron chi connectivity index (χ4n) is 3.56. The quantitative estimate of drug-likeness (QED) is 0.196. The molecule has 1 saturated carbocycles. The van der Waals surface area contributed by atoms with Gasteiger partial charge in [-0.2, -0.15) is 31.4 Å². The summed E-state index contributed by atoms with van der Waals surface area (Å²) in [5, 5.41) is 24.9. The normalized spacial score (nSPS) is 16.3. The van der Waals surface area contributed by atoms with E-state index >= 15 is 0 Å². The number of aliphatic carboxylic acids is 2. The Labute approximate surface area is 238 Å². The molecular formula is C24H19F8N5O5S. The fourth-order valence-corrected chi connectivity index (χ4v) is 4.40. The van der Waals surface area contributed by atoms with Gasteiger partial charge in [-0.1, -0.05) is 25.2 Å². The van der Waals surface area contributed by atoms with Gasteiger partial charge in [-0.05, 0) is 30.5 Å². The number of halogens is 8. The number of nitrogens with one attached hydrogen (secondary N) is 2. The Bertz CT molecular complexity index is 1640. The Morgan fingerprint density at radius 1 is 1.05 bits per heavy atom. The first kappa shape index (κ1) is 33.1. The Balaban J connectivity index is 0.000000303. The third kappa shape index (κ3) is 8.11. The van der Waals surface area contributed by atoms with E-state index in [4.69, 9.17) is 19.8 Å². The van der Waals surface area contributed by atoms with E-state index in [0.717, 1.165) is 5.39 Å². The molecule has 0 bridgehead atoms. The minimum atomic E-state index is -5.08. The summed E-state index contributed by atoms with van der Waals surface area (Å²) in [4.78, 5) is 39.4. The predicted octanol–water partition coefficient (Wildman–Crippen LogP) is 6.06. The van der Waals surface area contributed by atoms with Gasteiger partial charge >= 0.3 is 24.3 Å². The summed E-state index contributed by atoms with van der Waals surface area (Å²) in [6.45, 7) is 3.87. The largest absolute Gasteiger partial charge is 0.490 e. The highest BCUT2D eigenvalue weighted by atomic mass is 32.1. The molecule has 10 nitrogen and oxygen atoms in total. The fraction of sp³-hybridized carbons (Fsp3) is 0.333. The van der Waals surface area contributed by atoms with Crippen molar-refractivity contribution in [3.8, 4) is 11.3 Å². The number of aromatic amines is 1. The summed E-state index contributed by atoms with van der Waals surface area (Å²) in [6.07, 6.45) is -9.30. The smallest absolute Gasteiger partial charge is 0.475 e. The number of H-pyrrole nitrogens is 1. The van der Waals surface area contributed by atoms with Crippen LogP contribution in [-0.2, 0) is 14.4 Å². The monoisotopic (exact) mass is 641 g/mol. The second kappa shape index (κ2) is 12.4. The van der Waals surface area contributed by atoms with E-state index in [9.17, 15) is 39.9 Å². The van der Waals surface area contributed by atoms with Gasteiger partial charge in [-0.25, -0.2) is 28.3 Å². The van der Waals surface area contributed by atoms with E-state index in [1.54, 1.807) is 18.3 Å². The highest BCUT2D eigenvalue weighted by Crippen LogP contribution is 2.39. The van der Waals surface area contributed by atoms with E-state index in [1.165, 1.54) is 17.4 Å². The zero-order chi connectivity index (χ0) is 32.4. The number of amides is 1. The second-order valence-electron chi connectivity index (χ2n) is 9.13. The Morgan fingerprint density at radius 2 is 1.60 bits per heavy atom. The number of alkyl halides is 7. The van der Waals surface area contributed by atoms with Crippen molar-refractivity contribution in [1.29, 1.82) is 0 Å². The molecule has 0 unspecified atom stereocenters. The van der Waals surface area contributed by atoms with Gasteiger partial charge in [-0.3, -0.25) is 9.89 Å². The van der Waals surface area contributed by atoms with Crippen molar-refractivity contribution in [3.05, 3.63) is 35.8 Å². The number of hydrogen-bond acceptors (Lipinski definition) is 7.